The molecule has 30 heavy (non-hydrogen) atoms. The van der Waals surface area contributed by atoms with Crippen molar-refractivity contribution >= 4 is 29.4 Å². The van der Waals surface area contributed by atoms with Crippen LogP contribution in [0.3, 0.4) is 0 Å². The van der Waals surface area contributed by atoms with Gasteiger partial charge < -0.3 is 10.1 Å². The van der Waals surface area contributed by atoms with Gasteiger partial charge in [0.05, 0.1) is 16.7 Å². The summed E-state index contributed by atoms with van der Waals surface area (Å²) in [6.07, 6.45) is 0.635. The van der Waals surface area contributed by atoms with E-state index in [2.05, 4.69) is 5.32 Å². The summed E-state index contributed by atoms with van der Waals surface area (Å²) in [5, 5.41) is 2.70. The number of aryl methyl sites for hydroxylation is 2. The Morgan fingerprint density at radius 2 is 1.73 bits per heavy atom. The maximum Gasteiger partial charge on any atom is 0.338 e. The Hall–Kier alpha value is -3.48. The van der Waals surface area contributed by atoms with E-state index < -0.39 is 24.4 Å². The van der Waals surface area contributed by atoms with E-state index in [0.717, 1.165) is 11.1 Å². The molecule has 0 fully saturated rings. The molecule has 0 aromatic heterocycles. The van der Waals surface area contributed by atoms with E-state index in [4.69, 9.17) is 4.74 Å². The Kier molecular flexibility index (Phi) is 6.01. The van der Waals surface area contributed by atoms with Crippen LogP contribution in [0.5, 0.6) is 0 Å². The molecule has 3 amide bonds. The summed E-state index contributed by atoms with van der Waals surface area (Å²) < 4.78 is 5.08. The zero-order valence-corrected chi connectivity index (χ0v) is 17.4. The normalized spacial score (nSPS) is 13.8. The van der Waals surface area contributed by atoms with Crippen LogP contribution in [0, 0.1) is 13.8 Å². The van der Waals surface area contributed by atoms with Gasteiger partial charge in [0.15, 0.2) is 6.61 Å². The number of benzene rings is 2. The molecule has 3 rings (SSSR count). The van der Waals surface area contributed by atoms with E-state index >= 15 is 0 Å². The quantitative estimate of drug-likeness (QED) is 0.583. The predicted octanol–water partition coefficient (Wildman–Crippen LogP) is 3.49. The first-order chi connectivity index (χ1) is 14.2. The molecular weight excluding hydrogens is 384 g/mol. The number of hydrogen-bond acceptors (Lipinski definition) is 5. The third kappa shape index (κ3) is 4.10. The molecule has 0 unspecified atom stereocenters. The van der Waals surface area contributed by atoms with E-state index in [0.29, 0.717) is 12.1 Å². The summed E-state index contributed by atoms with van der Waals surface area (Å²) in [7, 11) is 0. The number of esters is 1. The number of ether oxygens (including phenoxy) is 1. The molecule has 7 nitrogen and oxygen atoms in total. The fourth-order valence-electron chi connectivity index (χ4n) is 3.32. The van der Waals surface area contributed by atoms with Crippen LogP contribution in [-0.2, 0) is 9.53 Å². The number of carbonyl (C=O) groups excluding carboxylic acids is 4. The third-order valence-electron chi connectivity index (χ3n) is 5.18. The van der Waals surface area contributed by atoms with E-state index in [1.807, 2.05) is 32.9 Å². The summed E-state index contributed by atoms with van der Waals surface area (Å²) in [4.78, 5) is 50.7. The standard InChI is InChI=1S/C23H24N2O5/c1-5-15(4)25-21(27)17-8-7-16(11-18(17)22(25)28)23(29)30-12-20(26)24-19-9-6-13(2)10-14(19)3/h6-11,15H,5,12H2,1-4H3,(H,24,26)/t15-/m1/s1. The fraction of sp³-hybridized carbons (Fsp3) is 0.304. The number of imide groups is 1. The number of rotatable bonds is 6. The highest BCUT2D eigenvalue weighted by molar-refractivity contribution is 6.22. The van der Waals surface area contributed by atoms with E-state index in [9.17, 15) is 19.2 Å². The smallest absolute Gasteiger partial charge is 0.338 e. The first-order valence-corrected chi connectivity index (χ1v) is 9.79. The van der Waals surface area contributed by atoms with Gasteiger partial charge in [-0.1, -0.05) is 24.6 Å². The molecule has 156 valence electrons. The average molecular weight is 408 g/mol. The molecule has 1 aliphatic rings. The maximum absolute atomic E-state index is 12.6. The van der Waals surface area contributed by atoms with Crippen molar-refractivity contribution in [1.82, 2.24) is 4.90 Å². The number of amides is 3. The predicted molar refractivity (Wildman–Crippen MR) is 112 cm³/mol. The molecule has 1 atom stereocenters. The Morgan fingerprint density at radius 1 is 1.03 bits per heavy atom. The number of nitrogens with one attached hydrogen (secondary N) is 1. The summed E-state index contributed by atoms with van der Waals surface area (Å²) >= 11 is 0. The van der Waals surface area contributed by atoms with Gasteiger partial charge in [0.1, 0.15) is 0 Å². The molecule has 7 heteroatoms. The second-order valence-corrected chi connectivity index (χ2v) is 7.44. The van der Waals surface area contributed by atoms with Gasteiger partial charge in [-0.3, -0.25) is 19.3 Å². The Morgan fingerprint density at radius 3 is 2.40 bits per heavy atom. The van der Waals surface area contributed by atoms with E-state index in [1.165, 1.54) is 23.1 Å². The molecule has 1 heterocycles. The third-order valence-corrected chi connectivity index (χ3v) is 5.18. The van der Waals surface area contributed by atoms with Crippen LogP contribution in [0.1, 0.15) is 62.5 Å². The molecule has 1 N–H and O–H groups in total. The second kappa shape index (κ2) is 8.49. The van der Waals surface area contributed by atoms with Crippen molar-refractivity contribution in [2.45, 2.75) is 40.2 Å². The summed E-state index contributed by atoms with van der Waals surface area (Å²) in [6, 6.07) is 9.59. The van der Waals surface area contributed by atoms with Crippen LogP contribution < -0.4 is 5.32 Å². The molecule has 1 aliphatic heterocycles. The van der Waals surface area contributed by atoms with Gasteiger partial charge in [-0.05, 0) is 57.0 Å². The van der Waals surface area contributed by atoms with Crippen LogP contribution in [0.25, 0.3) is 0 Å². The first kappa shape index (κ1) is 21.2. The Labute approximate surface area is 175 Å². The first-order valence-electron chi connectivity index (χ1n) is 9.79. The fourth-order valence-corrected chi connectivity index (χ4v) is 3.32. The zero-order chi connectivity index (χ0) is 22.0. The van der Waals surface area contributed by atoms with Crippen LogP contribution in [-0.4, -0.2) is 41.2 Å². The van der Waals surface area contributed by atoms with Crippen LogP contribution >= 0.6 is 0 Å². The van der Waals surface area contributed by atoms with Crippen LogP contribution in [0.4, 0.5) is 5.69 Å². The molecule has 0 saturated carbocycles. The van der Waals surface area contributed by atoms with Gasteiger partial charge in [0.2, 0.25) is 0 Å². The monoisotopic (exact) mass is 408 g/mol. The minimum absolute atomic E-state index is 0.111. The molecule has 2 aromatic carbocycles. The van der Waals surface area contributed by atoms with Gasteiger partial charge in [-0.15, -0.1) is 0 Å². The number of fused-ring (bicyclic) bond motifs is 1. The molecule has 0 saturated heterocycles. The van der Waals surface area contributed by atoms with E-state index in [-0.39, 0.29) is 28.6 Å². The van der Waals surface area contributed by atoms with Gasteiger partial charge in [-0.2, -0.15) is 0 Å². The topological polar surface area (TPSA) is 92.8 Å². The van der Waals surface area contributed by atoms with Crippen molar-refractivity contribution in [3.05, 3.63) is 64.2 Å². The molecule has 0 aliphatic carbocycles. The Bertz CT molecular complexity index is 1040. The lowest BCUT2D eigenvalue weighted by Crippen LogP contribution is -2.37. The van der Waals surface area contributed by atoms with Crippen molar-refractivity contribution in [2.75, 3.05) is 11.9 Å². The minimum Gasteiger partial charge on any atom is -0.452 e. The molecule has 0 spiro atoms. The second-order valence-electron chi connectivity index (χ2n) is 7.44. The number of anilines is 1. The molecular formula is C23H24N2O5. The number of nitrogens with zero attached hydrogens (tertiary/aromatic N) is 1. The van der Waals surface area contributed by atoms with E-state index in [1.54, 1.807) is 13.0 Å². The van der Waals surface area contributed by atoms with Crippen molar-refractivity contribution in [2.24, 2.45) is 0 Å². The highest BCUT2D eigenvalue weighted by Gasteiger charge is 2.38. The Balaban J connectivity index is 1.66. The summed E-state index contributed by atoms with van der Waals surface area (Å²) in [5.41, 5.74) is 3.18. The van der Waals surface area contributed by atoms with Crippen LogP contribution in [0.15, 0.2) is 36.4 Å². The lowest BCUT2D eigenvalue weighted by Gasteiger charge is -2.20. The van der Waals surface area contributed by atoms with Gasteiger partial charge in [0, 0.05) is 11.7 Å². The largest absolute Gasteiger partial charge is 0.452 e. The molecule has 2 aromatic rings. The lowest BCUT2D eigenvalue weighted by atomic mass is 10.1. The average Bonchev–Trinajstić information content (AvgIpc) is 2.97. The lowest BCUT2D eigenvalue weighted by molar-refractivity contribution is -0.119. The molecule has 0 bridgehead atoms. The summed E-state index contributed by atoms with van der Waals surface area (Å²) in [5.74, 6) is -2.00. The maximum atomic E-state index is 12.6. The van der Waals surface area contributed by atoms with Crippen molar-refractivity contribution in [3.8, 4) is 0 Å². The zero-order valence-electron chi connectivity index (χ0n) is 17.4. The number of carbonyl (C=O) groups is 4. The highest BCUT2D eigenvalue weighted by Crippen LogP contribution is 2.27. The SMILES string of the molecule is CC[C@@H](C)N1C(=O)c2ccc(C(=O)OCC(=O)Nc3ccc(C)cc3C)cc2C1=O. The minimum atomic E-state index is -0.740. The van der Waals surface area contributed by atoms with Gasteiger partial charge >= 0.3 is 5.97 Å². The van der Waals surface area contributed by atoms with Crippen molar-refractivity contribution in [1.29, 1.82) is 0 Å². The van der Waals surface area contributed by atoms with Gasteiger partial charge in [0.25, 0.3) is 17.7 Å². The van der Waals surface area contributed by atoms with Crippen molar-refractivity contribution < 1.29 is 23.9 Å². The van der Waals surface area contributed by atoms with Crippen molar-refractivity contribution in [3.63, 3.8) is 0 Å². The molecule has 0 radical (unpaired) electrons. The number of hydrogen-bond donors (Lipinski definition) is 1. The van der Waals surface area contributed by atoms with Crippen LogP contribution in [0.2, 0.25) is 0 Å². The highest BCUT2D eigenvalue weighted by atomic mass is 16.5. The van der Waals surface area contributed by atoms with Gasteiger partial charge in [-0.25, -0.2) is 4.79 Å². The summed E-state index contributed by atoms with van der Waals surface area (Å²) in [6.45, 7) is 7.05.